The highest BCUT2D eigenvalue weighted by atomic mass is 19.2. The van der Waals surface area contributed by atoms with E-state index in [-0.39, 0.29) is 18.7 Å². The Morgan fingerprint density at radius 1 is 1.08 bits per heavy atom. The summed E-state index contributed by atoms with van der Waals surface area (Å²) in [5.41, 5.74) is 1.16. The maximum atomic E-state index is 13.1. The fourth-order valence-corrected chi connectivity index (χ4v) is 2.01. The topological polar surface area (TPSA) is 64.6 Å². The van der Waals surface area contributed by atoms with E-state index in [1.165, 1.54) is 13.0 Å². The Morgan fingerprint density at radius 2 is 1.77 bits per heavy atom. The van der Waals surface area contributed by atoms with Gasteiger partial charge in [-0.25, -0.2) is 8.78 Å². The van der Waals surface area contributed by atoms with Crippen molar-refractivity contribution >= 4 is 17.6 Å². The van der Waals surface area contributed by atoms with Gasteiger partial charge in [-0.1, -0.05) is 17.7 Å². The summed E-state index contributed by atoms with van der Waals surface area (Å²) in [6.45, 7) is 3.45. The predicted molar refractivity (Wildman–Crippen MR) is 91.8 cm³/mol. The maximum Gasteiger partial charge on any atom is 0.310 e. The van der Waals surface area contributed by atoms with Crippen LogP contribution in [0, 0.1) is 18.6 Å². The summed E-state index contributed by atoms with van der Waals surface area (Å²) < 4.78 is 36.4. The smallest absolute Gasteiger partial charge is 0.310 e. The summed E-state index contributed by atoms with van der Waals surface area (Å²) in [6.07, 6.45) is -1.12. The molecule has 2 rings (SSSR count). The summed E-state index contributed by atoms with van der Waals surface area (Å²) in [5, 5.41) is 2.35. The Balaban J connectivity index is 1.75. The van der Waals surface area contributed by atoms with E-state index in [9.17, 15) is 18.4 Å². The van der Waals surface area contributed by atoms with Gasteiger partial charge in [0.1, 0.15) is 5.75 Å². The van der Waals surface area contributed by atoms with Crippen molar-refractivity contribution in [1.82, 2.24) is 0 Å². The van der Waals surface area contributed by atoms with Crippen molar-refractivity contribution < 1.29 is 27.8 Å². The molecule has 0 spiro atoms. The molecule has 0 radical (unpaired) electrons. The van der Waals surface area contributed by atoms with Gasteiger partial charge < -0.3 is 14.8 Å². The Bertz CT molecular complexity index is 778. The molecule has 0 aliphatic rings. The van der Waals surface area contributed by atoms with Crippen molar-refractivity contribution in [3.63, 3.8) is 0 Å². The minimum absolute atomic E-state index is 0.0311. The molecule has 138 valence electrons. The minimum Gasteiger partial charge on any atom is -0.493 e. The molecule has 0 aliphatic carbocycles. The first kappa shape index (κ1) is 19.4. The van der Waals surface area contributed by atoms with Gasteiger partial charge in [-0.15, -0.1) is 0 Å². The van der Waals surface area contributed by atoms with Gasteiger partial charge in [-0.05, 0) is 38.1 Å². The monoisotopic (exact) mass is 363 g/mol. The lowest BCUT2D eigenvalue weighted by atomic mass is 10.2. The van der Waals surface area contributed by atoms with Crippen molar-refractivity contribution in [1.29, 1.82) is 0 Å². The highest BCUT2D eigenvalue weighted by Crippen LogP contribution is 2.14. The van der Waals surface area contributed by atoms with Crippen LogP contribution in [0.5, 0.6) is 5.75 Å². The van der Waals surface area contributed by atoms with Gasteiger partial charge in [0.25, 0.3) is 5.91 Å². The summed E-state index contributed by atoms with van der Waals surface area (Å²) in [6, 6.07) is 10.3. The van der Waals surface area contributed by atoms with Crippen molar-refractivity contribution in [2.75, 3.05) is 11.9 Å². The van der Waals surface area contributed by atoms with E-state index in [4.69, 9.17) is 9.47 Å². The van der Waals surface area contributed by atoms with Crippen LogP contribution in [0.15, 0.2) is 42.5 Å². The number of rotatable bonds is 7. The number of halogens is 2. The van der Waals surface area contributed by atoms with E-state index in [0.717, 1.165) is 17.7 Å². The molecule has 26 heavy (non-hydrogen) atoms. The average molecular weight is 363 g/mol. The van der Waals surface area contributed by atoms with Crippen LogP contribution in [0.4, 0.5) is 14.5 Å². The normalized spacial score (nSPS) is 11.5. The third-order valence-corrected chi connectivity index (χ3v) is 3.46. The molecule has 0 bridgehead atoms. The largest absolute Gasteiger partial charge is 0.493 e. The lowest BCUT2D eigenvalue weighted by molar-refractivity contribution is -0.153. The number of carbonyl (C=O) groups excluding carboxylic acids is 2. The molecule has 0 saturated heterocycles. The third kappa shape index (κ3) is 5.84. The van der Waals surface area contributed by atoms with Gasteiger partial charge in [-0.2, -0.15) is 0 Å². The van der Waals surface area contributed by atoms with Crippen LogP contribution < -0.4 is 10.1 Å². The van der Waals surface area contributed by atoms with E-state index < -0.39 is 29.6 Å². The van der Waals surface area contributed by atoms with Gasteiger partial charge >= 0.3 is 5.97 Å². The third-order valence-electron chi connectivity index (χ3n) is 3.46. The van der Waals surface area contributed by atoms with E-state index in [0.29, 0.717) is 5.75 Å². The summed E-state index contributed by atoms with van der Waals surface area (Å²) in [4.78, 5) is 23.7. The second-order valence-corrected chi connectivity index (χ2v) is 5.66. The van der Waals surface area contributed by atoms with Crippen molar-refractivity contribution in [3.8, 4) is 5.75 Å². The number of nitrogens with one attached hydrogen (secondary N) is 1. The number of hydrogen-bond donors (Lipinski definition) is 1. The Kier molecular flexibility index (Phi) is 6.66. The number of hydrogen-bond acceptors (Lipinski definition) is 4. The molecule has 0 aliphatic heterocycles. The van der Waals surface area contributed by atoms with Gasteiger partial charge in [0.15, 0.2) is 17.7 Å². The first-order valence-corrected chi connectivity index (χ1v) is 8.00. The fourth-order valence-electron chi connectivity index (χ4n) is 2.01. The fraction of sp³-hybridized carbons (Fsp3) is 0.263. The molecule has 0 fully saturated rings. The van der Waals surface area contributed by atoms with Gasteiger partial charge in [-0.3, -0.25) is 9.59 Å². The highest BCUT2D eigenvalue weighted by Gasteiger charge is 2.18. The second-order valence-electron chi connectivity index (χ2n) is 5.66. The Hall–Kier alpha value is -2.96. The average Bonchev–Trinajstić information content (AvgIpc) is 2.60. The minimum atomic E-state index is -1.09. The lowest BCUT2D eigenvalue weighted by Gasteiger charge is -2.14. The van der Waals surface area contributed by atoms with E-state index in [2.05, 4.69) is 5.32 Å². The molecule has 7 heteroatoms. The Morgan fingerprint density at radius 3 is 2.42 bits per heavy atom. The van der Waals surface area contributed by atoms with E-state index in [1.54, 1.807) is 12.1 Å². The van der Waals surface area contributed by atoms with Crippen LogP contribution in [0.1, 0.15) is 18.9 Å². The molecule has 0 unspecified atom stereocenters. The number of ether oxygens (including phenoxy) is 2. The van der Waals surface area contributed by atoms with Crippen LogP contribution in [0.25, 0.3) is 0 Å². The van der Waals surface area contributed by atoms with Crippen LogP contribution in [0.3, 0.4) is 0 Å². The highest BCUT2D eigenvalue weighted by molar-refractivity contribution is 5.95. The van der Waals surface area contributed by atoms with Crippen LogP contribution >= 0.6 is 0 Å². The predicted octanol–water partition coefficient (Wildman–Crippen LogP) is 3.61. The molecule has 0 aromatic heterocycles. The standard InChI is InChI=1S/C19H19F2NO4/c1-12-3-6-15(7-4-12)25-10-9-18(23)26-13(2)19(24)22-14-5-8-16(20)17(21)11-14/h3-8,11,13H,9-10H2,1-2H3,(H,22,24)/t13-/m0/s1. The number of anilines is 1. The van der Waals surface area contributed by atoms with E-state index in [1.807, 2.05) is 19.1 Å². The van der Waals surface area contributed by atoms with Gasteiger partial charge in [0.2, 0.25) is 0 Å². The van der Waals surface area contributed by atoms with Crippen LogP contribution in [0.2, 0.25) is 0 Å². The summed E-state index contributed by atoms with van der Waals surface area (Å²) >= 11 is 0. The molecule has 0 heterocycles. The van der Waals surface area contributed by atoms with E-state index >= 15 is 0 Å². The lowest BCUT2D eigenvalue weighted by Crippen LogP contribution is -2.30. The SMILES string of the molecule is Cc1ccc(OCCC(=O)O[C@@H](C)C(=O)Nc2ccc(F)c(F)c2)cc1. The number of amides is 1. The van der Waals surface area contributed by atoms with Gasteiger partial charge in [0, 0.05) is 11.8 Å². The molecular formula is C19H19F2NO4. The number of esters is 1. The van der Waals surface area contributed by atoms with Crippen molar-refractivity contribution in [3.05, 3.63) is 59.7 Å². The quantitative estimate of drug-likeness (QED) is 0.763. The van der Waals surface area contributed by atoms with Crippen LogP contribution in [-0.2, 0) is 14.3 Å². The zero-order chi connectivity index (χ0) is 19.1. The molecule has 1 amide bonds. The second kappa shape index (κ2) is 8.94. The molecule has 5 nitrogen and oxygen atoms in total. The molecule has 1 N–H and O–H groups in total. The molecule has 1 atom stereocenters. The summed E-state index contributed by atoms with van der Waals surface area (Å²) in [5.74, 6) is -2.72. The molecule has 2 aromatic carbocycles. The number of aryl methyl sites for hydroxylation is 1. The van der Waals surface area contributed by atoms with Crippen LogP contribution in [-0.4, -0.2) is 24.6 Å². The first-order valence-electron chi connectivity index (χ1n) is 8.00. The van der Waals surface area contributed by atoms with Crippen molar-refractivity contribution in [2.45, 2.75) is 26.4 Å². The number of carbonyl (C=O) groups is 2. The first-order chi connectivity index (χ1) is 12.3. The molecule has 0 saturated carbocycles. The maximum absolute atomic E-state index is 13.1. The number of benzene rings is 2. The molecule has 2 aromatic rings. The van der Waals surface area contributed by atoms with Crippen molar-refractivity contribution in [2.24, 2.45) is 0 Å². The van der Waals surface area contributed by atoms with Gasteiger partial charge in [0.05, 0.1) is 13.0 Å². The molecular weight excluding hydrogens is 344 g/mol. The summed E-state index contributed by atoms with van der Waals surface area (Å²) in [7, 11) is 0. The zero-order valence-electron chi connectivity index (χ0n) is 14.4. The Labute approximate surface area is 149 Å². The zero-order valence-corrected chi connectivity index (χ0v) is 14.4.